The molecule has 0 bridgehead atoms. The molecule has 0 N–H and O–H groups in total. The molecule has 0 saturated carbocycles. The van der Waals surface area contributed by atoms with Gasteiger partial charge in [0.2, 0.25) is 0 Å². The SMILES string of the molecule is O=S(=O)(c1ccccc1)N(C/C(=C/CCF)c1ccccc1)S(=O)(=O)c1ccccc1. The van der Waals surface area contributed by atoms with E-state index in [1.165, 1.54) is 54.6 Å². The Morgan fingerprint density at radius 3 is 1.55 bits per heavy atom. The van der Waals surface area contributed by atoms with Gasteiger partial charge in [0.05, 0.1) is 23.0 Å². The average molecular weight is 460 g/mol. The lowest BCUT2D eigenvalue weighted by atomic mass is 10.1. The standard InChI is InChI=1S/C23H22FNO4S2/c24-18-10-13-21(20-11-4-1-5-12-20)19-25(30(26,27)22-14-6-2-7-15-22)31(28,29)23-16-8-3-9-17-23/h1-9,11-17H,10,18-19H2/b21-13-. The largest absolute Gasteiger partial charge is 0.256 e. The van der Waals surface area contributed by atoms with Crippen molar-refractivity contribution >= 4 is 25.6 Å². The van der Waals surface area contributed by atoms with Gasteiger partial charge in [-0.25, -0.2) is 16.8 Å². The summed E-state index contributed by atoms with van der Waals surface area (Å²) in [6.45, 7) is -1.11. The Labute approximate surface area is 182 Å². The number of halogens is 1. The summed E-state index contributed by atoms with van der Waals surface area (Å²) in [5.41, 5.74) is 1.02. The first-order valence-electron chi connectivity index (χ1n) is 9.56. The zero-order valence-electron chi connectivity index (χ0n) is 16.6. The van der Waals surface area contributed by atoms with Crippen LogP contribution in [0.4, 0.5) is 4.39 Å². The second-order valence-corrected chi connectivity index (χ2v) is 10.6. The zero-order chi connectivity index (χ0) is 22.3. The first kappa shape index (κ1) is 22.9. The lowest BCUT2D eigenvalue weighted by Gasteiger charge is -2.24. The highest BCUT2D eigenvalue weighted by molar-refractivity contribution is 8.04. The molecule has 3 aromatic carbocycles. The molecular weight excluding hydrogens is 437 g/mol. The minimum absolute atomic E-state index is 0.0365. The van der Waals surface area contributed by atoms with Crippen molar-refractivity contribution < 1.29 is 21.2 Å². The number of sulfonamides is 2. The van der Waals surface area contributed by atoms with Crippen LogP contribution in [0.1, 0.15) is 12.0 Å². The predicted octanol–water partition coefficient (Wildman–Crippen LogP) is 4.51. The summed E-state index contributed by atoms with van der Waals surface area (Å²) in [5, 5.41) is 0. The van der Waals surface area contributed by atoms with Gasteiger partial charge in [0, 0.05) is 0 Å². The molecule has 5 nitrogen and oxygen atoms in total. The van der Waals surface area contributed by atoms with E-state index in [1.807, 2.05) is 0 Å². The number of nitrogens with zero attached hydrogens (tertiary/aromatic N) is 1. The highest BCUT2D eigenvalue weighted by atomic mass is 32.3. The van der Waals surface area contributed by atoms with E-state index in [0.29, 0.717) is 14.8 Å². The molecule has 0 aliphatic heterocycles. The molecule has 0 spiro atoms. The highest BCUT2D eigenvalue weighted by Gasteiger charge is 2.37. The van der Waals surface area contributed by atoms with E-state index in [1.54, 1.807) is 42.5 Å². The Morgan fingerprint density at radius 2 is 1.13 bits per heavy atom. The molecule has 0 amide bonds. The molecule has 162 valence electrons. The molecule has 3 aromatic rings. The molecule has 0 heterocycles. The van der Waals surface area contributed by atoms with Gasteiger partial charge in [-0.1, -0.05) is 76.5 Å². The Hall–Kier alpha value is -2.81. The van der Waals surface area contributed by atoms with E-state index in [4.69, 9.17) is 0 Å². The van der Waals surface area contributed by atoms with Crippen LogP contribution in [-0.4, -0.2) is 33.8 Å². The van der Waals surface area contributed by atoms with E-state index in [2.05, 4.69) is 0 Å². The maximum absolute atomic E-state index is 13.4. The van der Waals surface area contributed by atoms with Gasteiger partial charge < -0.3 is 0 Å². The summed E-state index contributed by atoms with van der Waals surface area (Å²) in [7, 11) is -8.85. The van der Waals surface area contributed by atoms with Crippen LogP contribution in [0.3, 0.4) is 0 Å². The van der Waals surface area contributed by atoms with Gasteiger partial charge in [-0.2, -0.15) is 0 Å². The number of allylic oxidation sites excluding steroid dienone is 1. The quantitative estimate of drug-likeness (QED) is 0.472. The topological polar surface area (TPSA) is 71.5 Å². The minimum atomic E-state index is -4.42. The predicted molar refractivity (Wildman–Crippen MR) is 119 cm³/mol. The second kappa shape index (κ2) is 10.00. The van der Waals surface area contributed by atoms with Crippen molar-refractivity contribution in [2.45, 2.75) is 16.2 Å². The van der Waals surface area contributed by atoms with E-state index in [-0.39, 0.29) is 16.2 Å². The van der Waals surface area contributed by atoms with Gasteiger partial charge in [0.15, 0.2) is 0 Å². The summed E-state index contributed by atoms with van der Waals surface area (Å²) in [5.74, 6) is 0. The number of benzene rings is 3. The van der Waals surface area contributed by atoms with Crippen LogP contribution in [0.2, 0.25) is 0 Å². The summed E-state index contributed by atoms with van der Waals surface area (Å²) >= 11 is 0. The second-order valence-electron chi connectivity index (χ2n) is 6.64. The van der Waals surface area contributed by atoms with Crippen molar-refractivity contribution in [2.75, 3.05) is 13.2 Å². The first-order valence-corrected chi connectivity index (χ1v) is 12.4. The zero-order valence-corrected chi connectivity index (χ0v) is 18.3. The van der Waals surface area contributed by atoms with Crippen LogP contribution >= 0.6 is 0 Å². The molecule has 8 heteroatoms. The van der Waals surface area contributed by atoms with Crippen LogP contribution in [0, 0.1) is 0 Å². The summed E-state index contributed by atoms with van der Waals surface area (Å²) < 4.78 is 67.2. The van der Waals surface area contributed by atoms with Crippen LogP contribution < -0.4 is 0 Å². The molecule has 0 aliphatic rings. The fraction of sp³-hybridized carbons (Fsp3) is 0.130. The molecule has 0 fully saturated rings. The van der Waals surface area contributed by atoms with Crippen molar-refractivity contribution in [2.24, 2.45) is 0 Å². The van der Waals surface area contributed by atoms with Gasteiger partial charge in [-0.3, -0.25) is 4.39 Å². The Balaban J connectivity index is 2.16. The average Bonchev–Trinajstić information content (AvgIpc) is 2.80. The normalized spacial score (nSPS) is 12.8. The molecule has 0 aromatic heterocycles. The molecule has 0 atom stereocenters. The van der Waals surface area contributed by atoms with E-state index in [9.17, 15) is 21.2 Å². The van der Waals surface area contributed by atoms with Crippen LogP contribution in [-0.2, 0) is 20.0 Å². The van der Waals surface area contributed by atoms with E-state index >= 15 is 0 Å². The lowest BCUT2D eigenvalue weighted by molar-refractivity contribution is 0.500. The lowest BCUT2D eigenvalue weighted by Crippen LogP contribution is -2.38. The summed E-state index contributed by atoms with van der Waals surface area (Å²) in [6, 6.07) is 23.5. The van der Waals surface area contributed by atoms with Crippen molar-refractivity contribution in [3.8, 4) is 0 Å². The molecular formula is C23H22FNO4S2. The van der Waals surface area contributed by atoms with Crippen LogP contribution in [0.15, 0.2) is 107 Å². The van der Waals surface area contributed by atoms with E-state index in [0.717, 1.165) is 0 Å². The Bertz CT molecular complexity index is 1160. The fourth-order valence-electron chi connectivity index (χ4n) is 3.01. The van der Waals surface area contributed by atoms with Gasteiger partial charge >= 0.3 is 0 Å². The Kier molecular flexibility index (Phi) is 7.37. The molecule has 0 unspecified atom stereocenters. The number of rotatable bonds is 9. The number of hydrogen-bond donors (Lipinski definition) is 0. The Morgan fingerprint density at radius 1 is 0.710 bits per heavy atom. The van der Waals surface area contributed by atoms with Crippen LogP contribution in [0.25, 0.3) is 5.57 Å². The first-order chi connectivity index (χ1) is 14.9. The number of alkyl halides is 1. The molecule has 31 heavy (non-hydrogen) atoms. The third-order valence-corrected chi connectivity index (χ3v) is 8.81. The third kappa shape index (κ3) is 5.28. The third-order valence-electron chi connectivity index (χ3n) is 4.56. The maximum atomic E-state index is 13.4. The molecule has 0 aliphatic carbocycles. The van der Waals surface area contributed by atoms with Gasteiger partial charge in [-0.15, -0.1) is 0 Å². The summed E-state index contributed by atoms with van der Waals surface area (Å²) in [6.07, 6.45) is 1.57. The van der Waals surface area contributed by atoms with Crippen molar-refractivity contribution in [1.29, 1.82) is 0 Å². The summed E-state index contributed by atoms with van der Waals surface area (Å²) in [4.78, 5) is -0.292. The maximum Gasteiger partial charge on any atom is 0.256 e. The smallest absolute Gasteiger partial charge is 0.251 e. The van der Waals surface area contributed by atoms with Gasteiger partial charge in [0.1, 0.15) is 0 Å². The molecule has 0 radical (unpaired) electrons. The number of hydrogen-bond acceptors (Lipinski definition) is 4. The fourth-order valence-corrected chi connectivity index (χ4v) is 6.65. The monoisotopic (exact) mass is 459 g/mol. The van der Waals surface area contributed by atoms with Gasteiger partial charge in [0.25, 0.3) is 20.0 Å². The molecule has 0 saturated heterocycles. The minimum Gasteiger partial charge on any atom is -0.251 e. The van der Waals surface area contributed by atoms with Gasteiger partial charge in [-0.05, 0) is 41.8 Å². The molecule has 3 rings (SSSR count). The van der Waals surface area contributed by atoms with Crippen LogP contribution in [0.5, 0.6) is 0 Å². The van der Waals surface area contributed by atoms with Crippen molar-refractivity contribution in [3.63, 3.8) is 0 Å². The van der Waals surface area contributed by atoms with Crippen molar-refractivity contribution in [3.05, 3.63) is 103 Å². The highest BCUT2D eigenvalue weighted by Crippen LogP contribution is 2.28. The van der Waals surface area contributed by atoms with E-state index < -0.39 is 33.3 Å². The van der Waals surface area contributed by atoms with Crippen molar-refractivity contribution in [1.82, 2.24) is 3.71 Å².